The normalized spacial score (nSPS) is 10.6. The monoisotopic (exact) mass is 338 g/mol. The van der Waals surface area contributed by atoms with E-state index in [4.69, 9.17) is 9.47 Å². The Morgan fingerprint density at radius 1 is 1.04 bits per heavy atom. The van der Waals surface area contributed by atoms with Crippen molar-refractivity contribution in [1.82, 2.24) is 10.2 Å². The van der Waals surface area contributed by atoms with Crippen LogP contribution in [-0.2, 0) is 16.0 Å². The summed E-state index contributed by atoms with van der Waals surface area (Å²) in [7, 11) is 0. The van der Waals surface area contributed by atoms with Gasteiger partial charge in [-0.1, -0.05) is 36.4 Å². The van der Waals surface area contributed by atoms with Crippen molar-refractivity contribution in [3.8, 4) is 5.75 Å². The van der Waals surface area contributed by atoms with E-state index in [1.165, 1.54) is 0 Å². The lowest BCUT2D eigenvalue weighted by molar-refractivity contribution is -0.143. The second-order valence-electron chi connectivity index (χ2n) is 5.56. The number of aromatic nitrogens is 2. The second kappa shape index (κ2) is 7.61. The fraction of sp³-hybridized carbons (Fsp3) is 0.211. The number of aryl methyl sites for hydroxylation is 1. The highest BCUT2D eigenvalue weighted by atomic mass is 16.6. The van der Waals surface area contributed by atoms with E-state index in [1.807, 2.05) is 31.2 Å². The molecule has 25 heavy (non-hydrogen) atoms. The van der Waals surface area contributed by atoms with E-state index in [1.54, 1.807) is 24.3 Å². The number of esters is 1. The third-order valence-electron chi connectivity index (χ3n) is 3.78. The van der Waals surface area contributed by atoms with E-state index >= 15 is 0 Å². The van der Waals surface area contributed by atoms with Gasteiger partial charge in [0.05, 0.1) is 17.5 Å². The molecule has 0 aliphatic heterocycles. The Morgan fingerprint density at radius 3 is 2.56 bits per heavy atom. The summed E-state index contributed by atoms with van der Waals surface area (Å²) in [5.74, 6) is 0.352. The van der Waals surface area contributed by atoms with Crippen molar-refractivity contribution in [3.05, 3.63) is 70.1 Å². The molecular weight excluding hydrogens is 320 g/mol. The minimum Gasteiger partial charge on any atom is -0.490 e. The molecule has 0 radical (unpaired) electrons. The van der Waals surface area contributed by atoms with Crippen molar-refractivity contribution in [2.45, 2.75) is 13.3 Å². The number of carbonyl (C=O) groups excluding carboxylic acids is 1. The van der Waals surface area contributed by atoms with Crippen LogP contribution in [0.4, 0.5) is 0 Å². The minimum absolute atomic E-state index is 0.0122. The van der Waals surface area contributed by atoms with Gasteiger partial charge in [-0.05, 0) is 24.6 Å². The molecule has 0 aliphatic carbocycles. The molecule has 1 aromatic heterocycles. The summed E-state index contributed by atoms with van der Waals surface area (Å²) in [5, 5.41) is 7.52. The standard InChI is InChI=1S/C19H18N2O4/c1-13-6-2-5-9-17(13)24-10-11-25-18(22)12-16-14-7-3-4-8-15(14)19(23)21-20-16/h2-9H,10-12H2,1H3,(H,21,23). The number of H-pyrrole nitrogens is 1. The molecule has 3 rings (SSSR count). The topological polar surface area (TPSA) is 81.3 Å². The van der Waals surface area contributed by atoms with Crippen LogP contribution in [0.15, 0.2) is 53.3 Å². The van der Waals surface area contributed by atoms with Crippen LogP contribution in [0.3, 0.4) is 0 Å². The number of nitrogens with zero attached hydrogens (tertiary/aromatic N) is 1. The number of hydrogen-bond acceptors (Lipinski definition) is 5. The van der Waals surface area contributed by atoms with E-state index in [2.05, 4.69) is 10.2 Å². The maximum atomic E-state index is 12.0. The fourth-order valence-electron chi connectivity index (χ4n) is 2.52. The zero-order valence-electron chi connectivity index (χ0n) is 13.8. The van der Waals surface area contributed by atoms with Gasteiger partial charge >= 0.3 is 5.97 Å². The van der Waals surface area contributed by atoms with Crippen LogP contribution in [0.1, 0.15) is 11.3 Å². The first-order chi connectivity index (χ1) is 12.1. The smallest absolute Gasteiger partial charge is 0.312 e. The van der Waals surface area contributed by atoms with Gasteiger partial charge in [0.1, 0.15) is 19.0 Å². The van der Waals surface area contributed by atoms with Gasteiger partial charge in [0.25, 0.3) is 5.56 Å². The van der Waals surface area contributed by atoms with Crippen LogP contribution in [0.5, 0.6) is 5.75 Å². The number of benzene rings is 2. The Balaban J connectivity index is 1.56. The summed E-state index contributed by atoms with van der Waals surface area (Å²) in [4.78, 5) is 23.7. The van der Waals surface area contributed by atoms with Gasteiger partial charge in [-0.25, -0.2) is 5.10 Å². The van der Waals surface area contributed by atoms with Gasteiger partial charge in [0, 0.05) is 5.39 Å². The summed E-state index contributed by atoms with van der Waals surface area (Å²) in [6.45, 7) is 2.37. The van der Waals surface area contributed by atoms with E-state index in [0.717, 1.165) is 11.3 Å². The van der Waals surface area contributed by atoms with Crippen molar-refractivity contribution >= 4 is 16.7 Å². The summed E-state index contributed by atoms with van der Waals surface area (Å²) < 4.78 is 10.8. The zero-order chi connectivity index (χ0) is 17.6. The lowest BCUT2D eigenvalue weighted by Gasteiger charge is -2.09. The molecular formula is C19H18N2O4. The predicted molar refractivity (Wildman–Crippen MR) is 93.7 cm³/mol. The Labute approximate surface area is 144 Å². The highest BCUT2D eigenvalue weighted by Crippen LogP contribution is 2.16. The molecule has 0 spiro atoms. The number of fused-ring (bicyclic) bond motifs is 1. The Morgan fingerprint density at radius 2 is 1.76 bits per heavy atom. The van der Waals surface area contributed by atoms with E-state index in [-0.39, 0.29) is 25.2 Å². The quantitative estimate of drug-likeness (QED) is 0.551. The molecule has 0 aliphatic rings. The first-order valence-electron chi connectivity index (χ1n) is 7.95. The molecule has 6 nitrogen and oxygen atoms in total. The Kier molecular flexibility index (Phi) is 5.09. The van der Waals surface area contributed by atoms with Gasteiger partial charge in [-0.3, -0.25) is 9.59 Å². The number of ether oxygens (including phenoxy) is 2. The molecule has 0 saturated carbocycles. The molecule has 0 saturated heterocycles. The number of hydrogen-bond donors (Lipinski definition) is 1. The number of nitrogens with one attached hydrogen (secondary N) is 1. The lowest BCUT2D eigenvalue weighted by atomic mass is 10.1. The third kappa shape index (κ3) is 4.03. The molecule has 0 fully saturated rings. The van der Waals surface area contributed by atoms with Crippen LogP contribution in [0, 0.1) is 6.92 Å². The van der Waals surface area contributed by atoms with Crippen LogP contribution in [0.2, 0.25) is 0 Å². The third-order valence-corrected chi connectivity index (χ3v) is 3.78. The van der Waals surface area contributed by atoms with E-state index < -0.39 is 5.97 Å². The average Bonchev–Trinajstić information content (AvgIpc) is 2.63. The first-order valence-corrected chi connectivity index (χ1v) is 7.95. The van der Waals surface area contributed by atoms with Crippen LogP contribution in [-0.4, -0.2) is 29.4 Å². The molecule has 128 valence electrons. The largest absolute Gasteiger partial charge is 0.490 e. The number of para-hydroxylation sites is 1. The summed E-state index contributed by atoms with van der Waals surface area (Å²) in [6, 6.07) is 14.7. The predicted octanol–water partition coefficient (Wildman–Crippen LogP) is 2.40. The van der Waals surface area contributed by atoms with Gasteiger partial charge < -0.3 is 9.47 Å². The molecule has 3 aromatic rings. The molecule has 0 amide bonds. The van der Waals surface area contributed by atoms with Crippen molar-refractivity contribution in [3.63, 3.8) is 0 Å². The first kappa shape index (κ1) is 16.7. The maximum absolute atomic E-state index is 12.0. The SMILES string of the molecule is Cc1ccccc1OCCOC(=O)Cc1n[nH]c(=O)c2ccccc12. The lowest BCUT2D eigenvalue weighted by Crippen LogP contribution is -2.17. The average molecular weight is 338 g/mol. The van der Waals surface area contributed by atoms with Crippen molar-refractivity contribution in [1.29, 1.82) is 0 Å². The molecule has 1 N–H and O–H groups in total. The summed E-state index contributed by atoms with van der Waals surface area (Å²) in [6.07, 6.45) is -0.0122. The van der Waals surface area contributed by atoms with Crippen LogP contribution >= 0.6 is 0 Å². The summed E-state index contributed by atoms with van der Waals surface area (Å²) in [5.41, 5.74) is 1.23. The number of rotatable bonds is 6. The minimum atomic E-state index is -0.418. The fourth-order valence-corrected chi connectivity index (χ4v) is 2.52. The summed E-state index contributed by atoms with van der Waals surface area (Å²) >= 11 is 0. The molecule has 2 aromatic carbocycles. The number of aromatic amines is 1. The number of carbonyl (C=O) groups is 1. The van der Waals surface area contributed by atoms with Gasteiger partial charge in [-0.2, -0.15) is 5.10 Å². The van der Waals surface area contributed by atoms with Crippen LogP contribution < -0.4 is 10.3 Å². The van der Waals surface area contributed by atoms with E-state index in [9.17, 15) is 9.59 Å². The molecule has 0 atom stereocenters. The molecule has 0 bridgehead atoms. The Bertz CT molecular complexity index is 949. The van der Waals surface area contributed by atoms with Gasteiger partial charge in [0.2, 0.25) is 0 Å². The molecule has 0 unspecified atom stereocenters. The highest BCUT2D eigenvalue weighted by molar-refractivity contribution is 5.86. The van der Waals surface area contributed by atoms with Gasteiger partial charge in [-0.15, -0.1) is 0 Å². The van der Waals surface area contributed by atoms with Crippen molar-refractivity contribution in [2.75, 3.05) is 13.2 Å². The molecule has 6 heteroatoms. The highest BCUT2D eigenvalue weighted by Gasteiger charge is 2.11. The van der Waals surface area contributed by atoms with E-state index in [0.29, 0.717) is 16.5 Å². The zero-order valence-corrected chi connectivity index (χ0v) is 13.8. The maximum Gasteiger partial charge on any atom is 0.312 e. The van der Waals surface area contributed by atoms with Crippen LogP contribution in [0.25, 0.3) is 10.8 Å². The second-order valence-corrected chi connectivity index (χ2v) is 5.56. The van der Waals surface area contributed by atoms with Crippen molar-refractivity contribution in [2.24, 2.45) is 0 Å². The molecule has 1 heterocycles. The Hall–Kier alpha value is -3.15. The van der Waals surface area contributed by atoms with Crippen molar-refractivity contribution < 1.29 is 14.3 Å². The van der Waals surface area contributed by atoms with Gasteiger partial charge in [0.15, 0.2) is 0 Å².